The van der Waals surface area contributed by atoms with Gasteiger partial charge in [-0.25, -0.2) is 4.79 Å². The summed E-state index contributed by atoms with van der Waals surface area (Å²) < 4.78 is 5.36. The fourth-order valence-corrected chi connectivity index (χ4v) is 1.22. The zero-order valence-corrected chi connectivity index (χ0v) is 8.86. The largest absolute Gasteiger partial charge is 0.479 e. The third kappa shape index (κ3) is 2.62. The number of carboxylic acid groups (broad SMARTS) is 1. The predicted molar refractivity (Wildman–Crippen MR) is 57.9 cm³/mol. The first-order valence-corrected chi connectivity index (χ1v) is 4.80. The van der Waals surface area contributed by atoms with Crippen LogP contribution in [-0.4, -0.2) is 17.2 Å². The maximum atomic E-state index is 10.8. The molecule has 0 radical (unpaired) electrons. The van der Waals surface area contributed by atoms with Crippen LogP contribution in [0.5, 0.6) is 5.75 Å². The Balaban J connectivity index is 2.88. The molecule has 0 fully saturated rings. The smallest absolute Gasteiger partial charge is 0.344 e. The van der Waals surface area contributed by atoms with Crippen molar-refractivity contribution in [3.8, 4) is 5.75 Å². The second-order valence-corrected chi connectivity index (χ2v) is 3.32. The molecule has 0 aliphatic rings. The first kappa shape index (κ1) is 11.4. The number of anilines is 1. The fraction of sp³-hybridized carbons (Fsp3) is 0.364. The molecule has 0 bridgehead atoms. The zero-order chi connectivity index (χ0) is 11.4. The van der Waals surface area contributed by atoms with E-state index in [4.69, 9.17) is 15.6 Å². The number of ether oxygens (including phenoxy) is 1. The van der Waals surface area contributed by atoms with E-state index in [1.807, 2.05) is 0 Å². The van der Waals surface area contributed by atoms with E-state index in [2.05, 4.69) is 0 Å². The van der Waals surface area contributed by atoms with Crippen molar-refractivity contribution in [1.82, 2.24) is 0 Å². The summed E-state index contributed by atoms with van der Waals surface area (Å²) in [6.45, 7) is 3.57. The average Bonchev–Trinajstić information content (AvgIpc) is 2.19. The summed E-state index contributed by atoms with van der Waals surface area (Å²) in [6.07, 6.45) is -0.394. The van der Waals surface area contributed by atoms with Gasteiger partial charge in [0.2, 0.25) is 0 Å². The summed E-state index contributed by atoms with van der Waals surface area (Å²) in [5.41, 5.74) is 7.07. The Hall–Kier alpha value is -1.71. The van der Waals surface area contributed by atoms with Crippen molar-refractivity contribution in [2.75, 3.05) is 5.73 Å². The van der Waals surface area contributed by atoms with E-state index in [-0.39, 0.29) is 0 Å². The van der Waals surface area contributed by atoms with E-state index in [1.54, 1.807) is 32.0 Å². The van der Waals surface area contributed by atoms with E-state index in [9.17, 15) is 4.79 Å². The summed E-state index contributed by atoms with van der Waals surface area (Å²) >= 11 is 0. The minimum absolute atomic E-state index is 0.420. The molecule has 0 aromatic heterocycles. The number of carbonyl (C=O) groups is 1. The van der Waals surface area contributed by atoms with E-state index in [0.717, 1.165) is 5.56 Å². The summed E-state index contributed by atoms with van der Waals surface area (Å²) in [6, 6.07) is 5.22. The minimum atomic E-state index is -0.959. The highest BCUT2D eigenvalue weighted by Gasteiger charge is 2.17. The highest BCUT2D eigenvalue weighted by atomic mass is 16.5. The van der Waals surface area contributed by atoms with Gasteiger partial charge >= 0.3 is 5.97 Å². The second kappa shape index (κ2) is 4.68. The Kier molecular flexibility index (Phi) is 3.55. The number of nitrogens with two attached hydrogens (primary N) is 1. The van der Waals surface area contributed by atoms with Crippen molar-refractivity contribution >= 4 is 11.7 Å². The number of rotatable bonds is 4. The van der Waals surface area contributed by atoms with Crippen LogP contribution < -0.4 is 10.5 Å². The van der Waals surface area contributed by atoms with Gasteiger partial charge in [-0.1, -0.05) is 13.0 Å². The Morgan fingerprint density at radius 3 is 2.80 bits per heavy atom. The van der Waals surface area contributed by atoms with Crippen molar-refractivity contribution in [3.63, 3.8) is 0 Å². The molecule has 1 atom stereocenters. The lowest BCUT2D eigenvalue weighted by atomic mass is 10.2. The highest BCUT2D eigenvalue weighted by Crippen LogP contribution is 2.24. The molecule has 0 saturated carbocycles. The van der Waals surface area contributed by atoms with Crippen molar-refractivity contribution in [2.45, 2.75) is 26.4 Å². The van der Waals surface area contributed by atoms with Gasteiger partial charge in [0.1, 0.15) is 5.75 Å². The van der Waals surface area contributed by atoms with Gasteiger partial charge < -0.3 is 15.6 Å². The lowest BCUT2D eigenvalue weighted by Crippen LogP contribution is -2.26. The Morgan fingerprint density at radius 1 is 1.60 bits per heavy atom. The number of nitrogen functional groups attached to an aromatic ring is 1. The van der Waals surface area contributed by atoms with Crippen LogP contribution in [-0.2, 0) is 4.79 Å². The molecule has 0 aliphatic heterocycles. The molecule has 82 valence electrons. The van der Waals surface area contributed by atoms with Crippen LogP contribution in [0.3, 0.4) is 0 Å². The Bertz CT molecular complexity index is 363. The molecule has 0 spiro atoms. The molecule has 0 amide bonds. The number of benzene rings is 1. The first-order chi connectivity index (χ1) is 7.06. The van der Waals surface area contributed by atoms with Crippen LogP contribution in [0.15, 0.2) is 18.2 Å². The lowest BCUT2D eigenvalue weighted by molar-refractivity contribution is -0.145. The molecular formula is C11H15NO3. The number of hydrogen-bond acceptors (Lipinski definition) is 3. The maximum Gasteiger partial charge on any atom is 0.344 e. The van der Waals surface area contributed by atoms with Gasteiger partial charge in [-0.2, -0.15) is 0 Å². The van der Waals surface area contributed by atoms with Gasteiger partial charge in [0, 0.05) is 11.3 Å². The summed E-state index contributed by atoms with van der Waals surface area (Å²) in [4.78, 5) is 10.8. The molecular weight excluding hydrogens is 194 g/mol. The minimum Gasteiger partial charge on any atom is -0.479 e. The van der Waals surface area contributed by atoms with Gasteiger partial charge in [-0.05, 0) is 25.5 Å². The van der Waals surface area contributed by atoms with E-state index in [0.29, 0.717) is 17.9 Å². The van der Waals surface area contributed by atoms with E-state index in [1.165, 1.54) is 0 Å². The van der Waals surface area contributed by atoms with Crippen LogP contribution in [0.25, 0.3) is 0 Å². The average molecular weight is 209 g/mol. The monoisotopic (exact) mass is 209 g/mol. The number of aliphatic carboxylic acids is 1. The summed E-state index contributed by atoms with van der Waals surface area (Å²) in [7, 11) is 0. The third-order valence-corrected chi connectivity index (χ3v) is 2.24. The molecule has 15 heavy (non-hydrogen) atoms. The molecule has 1 unspecified atom stereocenters. The molecule has 0 aliphatic carbocycles. The van der Waals surface area contributed by atoms with Crippen LogP contribution in [0.4, 0.5) is 5.69 Å². The van der Waals surface area contributed by atoms with Crippen LogP contribution >= 0.6 is 0 Å². The molecule has 1 aromatic rings. The normalized spacial score (nSPS) is 12.1. The second-order valence-electron chi connectivity index (χ2n) is 3.32. The molecule has 0 heterocycles. The summed E-state index contributed by atoms with van der Waals surface area (Å²) in [5.74, 6) is -0.427. The lowest BCUT2D eigenvalue weighted by Gasteiger charge is -2.15. The summed E-state index contributed by atoms with van der Waals surface area (Å²) in [5, 5.41) is 8.84. The van der Waals surface area contributed by atoms with Crippen molar-refractivity contribution in [1.29, 1.82) is 0 Å². The fourth-order valence-electron chi connectivity index (χ4n) is 1.22. The standard InChI is InChI=1S/C11H15NO3/c1-3-9(11(13)14)15-10-6-4-5-8(12)7(10)2/h4-6,9H,3,12H2,1-2H3,(H,13,14). The molecule has 1 aromatic carbocycles. The number of hydrogen-bond donors (Lipinski definition) is 2. The molecule has 0 saturated heterocycles. The van der Waals surface area contributed by atoms with Crippen LogP contribution in [0.2, 0.25) is 0 Å². The van der Waals surface area contributed by atoms with Gasteiger partial charge in [-0.15, -0.1) is 0 Å². The van der Waals surface area contributed by atoms with Crippen molar-refractivity contribution in [3.05, 3.63) is 23.8 Å². The Labute approximate surface area is 88.7 Å². The van der Waals surface area contributed by atoms with Crippen LogP contribution in [0, 0.1) is 6.92 Å². The molecule has 3 N–H and O–H groups in total. The van der Waals surface area contributed by atoms with Gasteiger partial charge in [0.15, 0.2) is 6.10 Å². The maximum absolute atomic E-state index is 10.8. The number of carboxylic acids is 1. The van der Waals surface area contributed by atoms with Gasteiger partial charge in [-0.3, -0.25) is 0 Å². The van der Waals surface area contributed by atoms with Gasteiger partial charge in [0.25, 0.3) is 0 Å². The topological polar surface area (TPSA) is 72.5 Å². The third-order valence-electron chi connectivity index (χ3n) is 2.24. The Morgan fingerprint density at radius 2 is 2.27 bits per heavy atom. The molecule has 4 nitrogen and oxygen atoms in total. The first-order valence-electron chi connectivity index (χ1n) is 4.80. The van der Waals surface area contributed by atoms with Crippen LogP contribution in [0.1, 0.15) is 18.9 Å². The zero-order valence-electron chi connectivity index (χ0n) is 8.86. The van der Waals surface area contributed by atoms with Gasteiger partial charge in [0.05, 0.1) is 0 Å². The van der Waals surface area contributed by atoms with Crippen molar-refractivity contribution < 1.29 is 14.6 Å². The quantitative estimate of drug-likeness (QED) is 0.742. The molecule has 4 heteroatoms. The van der Waals surface area contributed by atoms with Crippen molar-refractivity contribution in [2.24, 2.45) is 0 Å². The van der Waals surface area contributed by atoms with E-state index < -0.39 is 12.1 Å². The highest BCUT2D eigenvalue weighted by molar-refractivity contribution is 5.72. The molecule has 1 rings (SSSR count). The van der Waals surface area contributed by atoms with E-state index >= 15 is 0 Å². The predicted octanol–water partition coefficient (Wildman–Crippen LogP) is 1.82. The SMILES string of the molecule is CCC(Oc1cccc(N)c1C)C(=O)O.